The molecule has 0 spiro atoms. The third-order valence-corrected chi connectivity index (χ3v) is 4.88. The van der Waals surface area contributed by atoms with Crippen molar-refractivity contribution in [2.75, 3.05) is 25.2 Å². The van der Waals surface area contributed by atoms with Crippen LogP contribution in [0.2, 0.25) is 5.02 Å². The Balaban J connectivity index is 1.59. The van der Waals surface area contributed by atoms with E-state index in [4.69, 9.17) is 16.3 Å². The zero-order valence-corrected chi connectivity index (χ0v) is 16.6. The zero-order valence-electron chi connectivity index (χ0n) is 15.8. The van der Waals surface area contributed by atoms with Crippen LogP contribution in [0.3, 0.4) is 0 Å². The standard InChI is InChI=1S/C20H17ClN4O5/c1-29-17(26)9-25-16-3-2-6-22-19(16)30-10-15(20(25)28)24-18(27)14-8-11-7-12(21)4-5-13(11)23-14/h2-8,15,23H,9-10H2,1H3,(H,24,27)/t15-/m0/s1. The van der Waals surface area contributed by atoms with Gasteiger partial charge in [0.05, 0.1) is 7.11 Å². The Bertz CT molecular complexity index is 1150. The van der Waals surface area contributed by atoms with Gasteiger partial charge in [-0.2, -0.15) is 0 Å². The molecule has 0 fully saturated rings. The van der Waals surface area contributed by atoms with Crippen LogP contribution in [-0.2, 0) is 14.3 Å². The van der Waals surface area contributed by atoms with Gasteiger partial charge in [0, 0.05) is 22.1 Å². The molecule has 9 nitrogen and oxygen atoms in total. The highest BCUT2D eigenvalue weighted by Gasteiger charge is 2.34. The van der Waals surface area contributed by atoms with Crippen molar-refractivity contribution in [3.8, 4) is 5.88 Å². The highest BCUT2D eigenvalue weighted by Crippen LogP contribution is 2.29. The molecule has 1 aliphatic heterocycles. The van der Waals surface area contributed by atoms with E-state index in [1.807, 2.05) is 0 Å². The van der Waals surface area contributed by atoms with Gasteiger partial charge in [-0.25, -0.2) is 4.98 Å². The minimum absolute atomic E-state index is 0.141. The largest absolute Gasteiger partial charge is 0.473 e. The monoisotopic (exact) mass is 428 g/mol. The third-order valence-electron chi connectivity index (χ3n) is 4.64. The smallest absolute Gasteiger partial charge is 0.325 e. The lowest BCUT2D eigenvalue weighted by molar-refractivity contribution is -0.140. The highest BCUT2D eigenvalue weighted by molar-refractivity contribution is 6.31. The molecule has 1 aliphatic rings. The van der Waals surface area contributed by atoms with E-state index in [0.29, 0.717) is 10.7 Å². The number of halogens is 1. The number of nitrogens with one attached hydrogen (secondary N) is 2. The number of anilines is 1. The molecule has 1 aromatic carbocycles. The van der Waals surface area contributed by atoms with Gasteiger partial charge in [0.2, 0.25) is 5.88 Å². The molecule has 3 heterocycles. The fraction of sp³-hybridized carbons (Fsp3) is 0.200. The average Bonchev–Trinajstić information content (AvgIpc) is 3.12. The molecule has 2 amide bonds. The van der Waals surface area contributed by atoms with Crippen molar-refractivity contribution >= 4 is 46.0 Å². The van der Waals surface area contributed by atoms with Crippen molar-refractivity contribution in [3.63, 3.8) is 0 Å². The van der Waals surface area contributed by atoms with Gasteiger partial charge in [-0.3, -0.25) is 19.3 Å². The summed E-state index contributed by atoms with van der Waals surface area (Å²) in [6, 6.07) is 9.02. The summed E-state index contributed by atoms with van der Waals surface area (Å²) >= 11 is 5.99. The topological polar surface area (TPSA) is 114 Å². The predicted octanol–water partition coefficient (Wildman–Crippen LogP) is 1.91. The van der Waals surface area contributed by atoms with Crippen LogP contribution < -0.4 is 15.0 Å². The number of hydrogen-bond acceptors (Lipinski definition) is 6. The number of carbonyl (C=O) groups is 3. The molecule has 1 atom stereocenters. The van der Waals surface area contributed by atoms with Crippen LogP contribution in [0.25, 0.3) is 10.9 Å². The fourth-order valence-electron chi connectivity index (χ4n) is 3.16. The Hall–Kier alpha value is -3.59. The molecular weight excluding hydrogens is 412 g/mol. The lowest BCUT2D eigenvalue weighted by Crippen LogP contribution is -2.51. The number of esters is 1. The second kappa shape index (κ2) is 8.03. The number of aromatic amines is 1. The van der Waals surface area contributed by atoms with Crippen LogP contribution in [-0.4, -0.2) is 54.1 Å². The number of carbonyl (C=O) groups excluding carboxylic acids is 3. The maximum absolute atomic E-state index is 13.1. The number of methoxy groups -OCH3 is 1. The molecule has 0 saturated carbocycles. The summed E-state index contributed by atoms with van der Waals surface area (Å²) in [4.78, 5) is 46.0. The molecule has 154 valence electrons. The molecule has 2 N–H and O–H groups in total. The van der Waals surface area contributed by atoms with Crippen molar-refractivity contribution in [2.24, 2.45) is 0 Å². The number of fused-ring (bicyclic) bond motifs is 2. The fourth-order valence-corrected chi connectivity index (χ4v) is 3.34. The van der Waals surface area contributed by atoms with Crippen LogP contribution in [0.4, 0.5) is 5.69 Å². The second-order valence-corrected chi connectivity index (χ2v) is 7.02. The molecule has 4 rings (SSSR count). The lowest BCUT2D eigenvalue weighted by atomic mass is 10.2. The summed E-state index contributed by atoms with van der Waals surface area (Å²) in [5.74, 6) is -1.44. The van der Waals surface area contributed by atoms with Crippen molar-refractivity contribution in [3.05, 3.63) is 53.3 Å². The number of aromatic nitrogens is 2. The van der Waals surface area contributed by atoms with Crippen LogP contribution in [0.1, 0.15) is 10.5 Å². The van der Waals surface area contributed by atoms with E-state index in [1.165, 1.54) is 18.2 Å². The summed E-state index contributed by atoms with van der Waals surface area (Å²) in [6.07, 6.45) is 1.51. The van der Waals surface area contributed by atoms with Gasteiger partial charge >= 0.3 is 5.97 Å². The van der Waals surface area contributed by atoms with Gasteiger partial charge in [-0.15, -0.1) is 0 Å². The predicted molar refractivity (Wildman–Crippen MR) is 109 cm³/mol. The van der Waals surface area contributed by atoms with E-state index < -0.39 is 23.8 Å². The second-order valence-electron chi connectivity index (χ2n) is 6.58. The molecule has 0 aliphatic carbocycles. The van der Waals surface area contributed by atoms with Gasteiger partial charge < -0.3 is 19.8 Å². The van der Waals surface area contributed by atoms with E-state index in [2.05, 4.69) is 20.0 Å². The normalized spacial score (nSPS) is 15.9. The molecule has 0 radical (unpaired) electrons. The minimum Gasteiger partial charge on any atom is -0.473 e. The van der Waals surface area contributed by atoms with Gasteiger partial charge in [0.15, 0.2) is 0 Å². The van der Waals surface area contributed by atoms with E-state index in [-0.39, 0.29) is 24.7 Å². The van der Waals surface area contributed by atoms with Crippen LogP contribution in [0.15, 0.2) is 42.6 Å². The number of ether oxygens (including phenoxy) is 2. The highest BCUT2D eigenvalue weighted by atomic mass is 35.5. The first-order chi connectivity index (χ1) is 14.5. The quantitative estimate of drug-likeness (QED) is 0.614. The Morgan fingerprint density at radius 2 is 2.20 bits per heavy atom. The molecule has 0 unspecified atom stereocenters. The van der Waals surface area contributed by atoms with E-state index >= 15 is 0 Å². The summed E-state index contributed by atoms with van der Waals surface area (Å²) in [7, 11) is 1.23. The molecule has 0 bridgehead atoms. The average molecular weight is 429 g/mol. The van der Waals surface area contributed by atoms with Gasteiger partial charge in [0.25, 0.3) is 11.8 Å². The SMILES string of the molecule is COC(=O)CN1C(=O)[C@@H](NC(=O)c2cc3cc(Cl)ccc3[nH]2)COc2ncccc21. The summed E-state index contributed by atoms with van der Waals surface area (Å²) < 4.78 is 10.3. The number of benzene rings is 1. The van der Waals surface area contributed by atoms with Crippen LogP contribution >= 0.6 is 11.6 Å². The molecule has 0 saturated heterocycles. The third kappa shape index (κ3) is 3.79. The van der Waals surface area contributed by atoms with Crippen molar-refractivity contribution in [1.82, 2.24) is 15.3 Å². The molecule has 30 heavy (non-hydrogen) atoms. The van der Waals surface area contributed by atoms with E-state index in [1.54, 1.807) is 36.4 Å². The molecule has 2 aromatic heterocycles. The van der Waals surface area contributed by atoms with Crippen LogP contribution in [0, 0.1) is 0 Å². The summed E-state index contributed by atoms with van der Waals surface area (Å²) in [6.45, 7) is -0.479. The Labute approximate surface area is 175 Å². The van der Waals surface area contributed by atoms with Crippen LogP contribution in [0.5, 0.6) is 5.88 Å². The van der Waals surface area contributed by atoms with Crippen molar-refractivity contribution in [1.29, 1.82) is 0 Å². The zero-order chi connectivity index (χ0) is 21.3. The number of rotatable bonds is 4. The van der Waals surface area contributed by atoms with E-state index in [9.17, 15) is 14.4 Å². The summed E-state index contributed by atoms with van der Waals surface area (Å²) in [5, 5.41) is 3.97. The lowest BCUT2D eigenvalue weighted by Gasteiger charge is -2.23. The first-order valence-corrected chi connectivity index (χ1v) is 9.39. The van der Waals surface area contributed by atoms with Gasteiger partial charge in [0.1, 0.15) is 30.6 Å². The Kier molecular flexibility index (Phi) is 5.28. The number of amides is 2. The number of H-pyrrole nitrogens is 1. The first kappa shape index (κ1) is 19.7. The van der Waals surface area contributed by atoms with Gasteiger partial charge in [-0.1, -0.05) is 11.6 Å². The number of hydrogen-bond donors (Lipinski definition) is 2. The Morgan fingerprint density at radius 3 is 3.00 bits per heavy atom. The van der Waals surface area contributed by atoms with Crippen molar-refractivity contribution in [2.45, 2.75) is 6.04 Å². The summed E-state index contributed by atoms with van der Waals surface area (Å²) in [5.41, 5.74) is 1.32. The molecule has 3 aromatic rings. The molecular formula is C20H17ClN4O5. The first-order valence-electron chi connectivity index (χ1n) is 9.01. The Morgan fingerprint density at radius 1 is 1.37 bits per heavy atom. The van der Waals surface area contributed by atoms with E-state index in [0.717, 1.165) is 10.9 Å². The van der Waals surface area contributed by atoms with Gasteiger partial charge in [-0.05, 0) is 36.4 Å². The maximum atomic E-state index is 13.1. The van der Waals surface area contributed by atoms with Crippen molar-refractivity contribution < 1.29 is 23.9 Å². The number of nitrogens with zero attached hydrogens (tertiary/aromatic N) is 2. The maximum Gasteiger partial charge on any atom is 0.325 e. The number of pyridine rings is 1. The molecule has 10 heteroatoms. The minimum atomic E-state index is -1.04.